The Labute approximate surface area is 160 Å². The predicted molar refractivity (Wildman–Crippen MR) is 82.2 cm³/mol. The first-order valence-electron chi connectivity index (χ1n) is 7.28. The molecule has 22 heavy (non-hydrogen) atoms. The average Bonchev–Trinajstić information content (AvgIpc) is 2.83. The number of carbonyl (C=O) groups is 1. The molecule has 0 saturated carbocycles. The van der Waals surface area contributed by atoms with Crippen molar-refractivity contribution in [3.63, 3.8) is 0 Å². The van der Waals surface area contributed by atoms with Crippen molar-refractivity contribution in [2.45, 2.75) is 37.1 Å². The molecule has 120 valence electrons. The van der Waals surface area contributed by atoms with Crippen molar-refractivity contribution in [1.29, 1.82) is 0 Å². The third kappa shape index (κ3) is 5.54. The van der Waals surface area contributed by atoms with Crippen LogP contribution in [0.3, 0.4) is 0 Å². The number of likely N-dealkylation sites (tertiary alicyclic amines) is 1. The Bertz CT molecular complexity index is 469. The number of hydrogen-bond acceptors (Lipinski definition) is 3. The van der Waals surface area contributed by atoms with Gasteiger partial charge in [0.2, 0.25) is 0 Å². The Hall–Kier alpha value is -0.0481. The first-order chi connectivity index (χ1) is 10.1. The van der Waals surface area contributed by atoms with E-state index < -0.39 is 5.97 Å². The van der Waals surface area contributed by atoms with Crippen LogP contribution >= 0.6 is 11.6 Å². The number of nitrogens with zero attached hydrogens (tertiary/aromatic N) is 1. The molecule has 1 heterocycles. The number of carboxylic acids is 1. The molecule has 0 bridgehead atoms. The fraction of sp³-hybridized carbons (Fsp3) is 0.500. The second-order valence-electron chi connectivity index (χ2n) is 5.42. The van der Waals surface area contributed by atoms with E-state index in [-0.39, 0.29) is 36.5 Å². The van der Waals surface area contributed by atoms with Crippen molar-refractivity contribution >= 4 is 17.6 Å². The standard InChI is InChI=1S/C16H21ClNO3.U/c17-14-8-10-18(9-1-11-19)15(14)7-4-12-2-5-13(6-3-12)16(20)21;/h2-3,5-6,11,14-15,19H,1,4,7-10H2,(H,20,21);/q-1;/t14-,15+;/m1./s1. The summed E-state index contributed by atoms with van der Waals surface area (Å²) in [5.74, 6) is -0.899. The van der Waals surface area contributed by atoms with Crippen molar-refractivity contribution in [2.24, 2.45) is 0 Å². The first-order valence-corrected chi connectivity index (χ1v) is 7.71. The van der Waals surface area contributed by atoms with Gasteiger partial charge in [-0.15, -0.1) is 18.0 Å². The molecule has 2 rings (SSSR count). The third-order valence-corrected chi connectivity index (χ3v) is 4.56. The monoisotopic (exact) mass is 548 g/mol. The van der Waals surface area contributed by atoms with Gasteiger partial charge in [0.25, 0.3) is 0 Å². The molecular formula is C16H21ClNO3U-. The molecule has 4 nitrogen and oxygen atoms in total. The second-order valence-corrected chi connectivity index (χ2v) is 5.98. The van der Waals surface area contributed by atoms with Gasteiger partial charge < -0.3 is 15.1 Å². The minimum absolute atomic E-state index is 0. The van der Waals surface area contributed by atoms with Crippen molar-refractivity contribution in [2.75, 3.05) is 13.1 Å². The van der Waals surface area contributed by atoms with Crippen molar-refractivity contribution in [1.82, 2.24) is 4.90 Å². The van der Waals surface area contributed by atoms with Crippen LogP contribution in [0.4, 0.5) is 0 Å². The zero-order chi connectivity index (χ0) is 15.2. The predicted octanol–water partition coefficient (Wildman–Crippen LogP) is 2.92. The summed E-state index contributed by atoms with van der Waals surface area (Å²) in [6.45, 7) is 3.01. The van der Waals surface area contributed by atoms with Crippen LogP contribution in [-0.2, 0) is 6.42 Å². The van der Waals surface area contributed by atoms with Crippen LogP contribution < -0.4 is 0 Å². The molecule has 2 atom stereocenters. The Kier molecular flexibility index (Phi) is 9.04. The summed E-state index contributed by atoms with van der Waals surface area (Å²) in [7, 11) is 0. The van der Waals surface area contributed by atoms with Crippen LogP contribution in [-0.4, -0.2) is 45.6 Å². The Balaban J connectivity index is 0.00000242. The molecule has 1 fully saturated rings. The summed E-state index contributed by atoms with van der Waals surface area (Å²) >= 11 is 6.39. The summed E-state index contributed by atoms with van der Waals surface area (Å²) in [5, 5.41) is 17.9. The zero-order valence-electron chi connectivity index (χ0n) is 12.4. The molecule has 0 aliphatic carbocycles. The van der Waals surface area contributed by atoms with Gasteiger partial charge in [-0.05, 0) is 50.0 Å². The van der Waals surface area contributed by atoms with Gasteiger partial charge in [0.1, 0.15) is 0 Å². The number of aromatic carboxylic acids is 1. The quantitative estimate of drug-likeness (QED) is 0.406. The zero-order valence-corrected chi connectivity index (χ0v) is 17.3. The number of aliphatic hydroxyl groups is 1. The normalized spacial score (nSPS) is 21.5. The molecule has 2 N–H and O–H groups in total. The molecule has 1 saturated heterocycles. The fourth-order valence-electron chi connectivity index (χ4n) is 2.87. The van der Waals surface area contributed by atoms with E-state index in [4.69, 9.17) is 21.8 Å². The summed E-state index contributed by atoms with van der Waals surface area (Å²) in [6.07, 6.45) is 3.47. The van der Waals surface area contributed by atoms with Crippen LogP contribution in [0.1, 0.15) is 35.2 Å². The summed E-state index contributed by atoms with van der Waals surface area (Å²) in [5.41, 5.74) is 1.44. The largest absolute Gasteiger partial charge is 0.566 e. The molecule has 0 unspecified atom stereocenters. The molecule has 1 aromatic rings. The minimum atomic E-state index is -0.899. The SMILES string of the molecule is O=C(O)c1ccc(CC[C@H]2[C@H](Cl)CCN2CC[CH-]O)cc1.[U]. The van der Waals surface area contributed by atoms with Gasteiger partial charge in [-0.3, -0.25) is 0 Å². The first kappa shape index (κ1) is 20.0. The summed E-state index contributed by atoms with van der Waals surface area (Å²) < 4.78 is 0. The van der Waals surface area contributed by atoms with Crippen molar-refractivity contribution in [3.8, 4) is 0 Å². The van der Waals surface area contributed by atoms with E-state index >= 15 is 0 Å². The number of alkyl halides is 1. The van der Waals surface area contributed by atoms with E-state index in [1.807, 2.05) is 12.1 Å². The van der Waals surface area contributed by atoms with Gasteiger partial charge in [-0.1, -0.05) is 12.1 Å². The minimum Gasteiger partial charge on any atom is -0.566 e. The van der Waals surface area contributed by atoms with Crippen LogP contribution in [0.5, 0.6) is 0 Å². The van der Waals surface area contributed by atoms with Gasteiger partial charge in [0.05, 0.1) is 10.9 Å². The Morgan fingerprint density at radius 3 is 2.64 bits per heavy atom. The molecule has 1 aliphatic heterocycles. The van der Waals surface area contributed by atoms with Crippen molar-refractivity contribution < 1.29 is 46.1 Å². The topological polar surface area (TPSA) is 60.8 Å². The van der Waals surface area contributed by atoms with Gasteiger partial charge in [-0.25, -0.2) is 11.4 Å². The molecule has 0 spiro atoms. The van der Waals surface area contributed by atoms with Gasteiger partial charge in [0.15, 0.2) is 0 Å². The number of halogens is 1. The van der Waals surface area contributed by atoms with Crippen LogP contribution in [0.15, 0.2) is 24.3 Å². The number of benzene rings is 1. The number of rotatable bonds is 7. The smallest absolute Gasteiger partial charge is 0.335 e. The molecular weight excluding hydrogens is 528 g/mol. The van der Waals surface area contributed by atoms with E-state index in [1.54, 1.807) is 12.1 Å². The number of carboxylic acid groups (broad SMARTS) is 1. The maximum Gasteiger partial charge on any atom is 0.335 e. The third-order valence-electron chi connectivity index (χ3n) is 4.05. The second kappa shape index (κ2) is 9.95. The molecule has 1 aliphatic rings. The van der Waals surface area contributed by atoms with E-state index in [9.17, 15) is 4.79 Å². The van der Waals surface area contributed by atoms with Gasteiger partial charge in [0, 0.05) is 37.2 Å². The number of hydrogen-bond donors (Lipinski definition) is 2. The molecule has 1 aromatic carbocycles. The van der Waals surface area contributed by atoms with E-state index in [0.717, 1.165) is 37.9 Å². The van der Waals surface area contributed by atoms with Crippen LogP contribution in [0, 0.1) is 37.7 Å². The molecule has 0 amide bonds. The molecule has 0 aromatic heterocycles. The molecule has 6 heteroatoms. The number of aryl methyl sites for hydroxylation is 1. The molecule has 0 radical (unpaired) electrons. The Morgan fingerprint density at radius 2 is 2.05 bits per heavy atom. The van der Waals surface area contributed by atoms with E-state index in [2.05, 4.69) is 4.90 Å². The van der Waals surface area contributed by atoms with Gasteiger partial charge in [-0.2, -0.15) is 0 Å². The number of aliphatic hydroxyl groups excluding tert-OH is 1. The maximum absolute atomic E-state index is 10.8. The van der Waals surface area contributed by atoms with Crippen LogP contribution in [0.25, 0.3) is 0 Å². The summed E-state index contributed by atoms with van der Waals surface area (Å²) in [6, 6.07) is 7.35. The fourth-order valence-corrected chi connectivity index (χ4v) is 3.25. The van der Waals surface area contributed by atoms with Gasteiger partial charge >= 0.3 is 5.97 Å². The van der Waals surface area contributed by atoms with E-state index in [1.165, 1.54) is 6.61 Å². The maximum atomic E-state index is 10.8. The van der Waals surface area contributed by atoms with Crippen molar-refractivity contribution in [3.05, 3.63) is 42.0 Å². The van der Waals surface area contributed by atoms with E-state index in [0.29, 0.717) is 18.0 Å². The Morgan fingerprint density at radius 1 is 1.36 bits per heavy atom. The summed E-state index contributed by atoms with van der Waals surface area (Å²) in [4.78, 5) is 13.1. The van der Waals surface area contributed by atoms with Crippen LogP contribution in [0.2, 0.25) is 0 Å². The average molecular weight is 549 g/mol.